The third-order valence-corrected chi connectivity index (χ3v) is 5.40. The maximum Gasteiger partial charge on any atom is 0.223 e. The molecule has 1 aliphatic carbocycles. The summed E-state index contributed by atoms with van der Waals surface area (Å²) < 4.78 is 0. The highest BCUT2D eigenvalue weighted by Gasteiger charge is 2.24. The first-order valence-electron chi connectivity index (χ1n) is 9.28. The number of amides is 1. The molecular weight excluding hydrogens is 284 g/mol. The molecule has 0 spiro atoms. The summed E-state index contributed by atoms with van der Waals surface area (Å²) >= 11 is 0. The number of hydrogen-bond acceptors (Lipinski definition) is 2. The van der Waals surface area contributed by atoms with Crippen LogP contribution in [0.5, 0.6) is 0 Å². The van der Waals surface area contributed by atoms with Gasteiger partial charge in [-0.05, 0) is 55.8 Å². The van der Waals surface area contributed by atoms with E-state index in [-0.39, 0.29) is 11.8 Å². The SMILES string of the molecule is C[C@@H]1CCC[C@H](C(=O)NCc2ccc(CN3CCCC3)cc2)C1. The van der Waals surface area contributed by atoms with E-state index in [4.69, 9.17) is 0 Å². The zero-order valence-corrected chi connectivity index (χ0v) is 14.4. The van der Waals surface area contributed by atoms with E-state index in [1.807, 2.05) is 0 Å². The molecule has 3 nitrogen and oxygen atoms in total. The standard InChI is InChI=1S/C20H30N2O/c1-16-5-4-6-19(13-16)20(23)21-14-17-7-9-18(10-8-17)15-22-11-2-3-12-22/h7-10,16,19H,2-6,11-15H2,1H3,(H,21,23)/t16-,19+/m1/s1. The van der Waals surface area contributed by atoms with Crippen LogP contribution >= 0.6 is 0 Å². The van der Waals surface area contributed by atoms with Crippen LogP contribution in [-0.4, -0.2) is 23.9 Å². The molecule has 0 radical (unpaired) electrons. The Morgan fingerprint density at radius 1 is 1.09 bits per heavy atom. The molecule has 23 heavy (non-hydrogen) atoms. The van der Waals surface area contributed by atoms with Gasteiger partial charge in [0, 0.05) is 19.0 Å². The fourth-order valence-electron chi connectivity index (χ4n) is 3.97. The molecule has 0 unspecified atom stereocenters. The average Bonchev–Trinajstić information content (AvgIpc) is 3.07. The second-order valence-corrected chi connectivity index (χ2v) is 7.49. The second kappa shape index (κ2) is 7.96. The van der Waals surface area contributed by atoms with Crippen molar-refractivity contribution in [1.82, 2.24) is 10.2 Å². The Kier molecular flexibility index (Phi) is 5.71. The molecule has 2 atom stereocenters. The molecule has 1 aromatic carbocycles. The van der Waals surface area contributed by atoms with Gasteiger partial charge in [0.2, 0.25) is 5.91 Å². The quantitative estimate of drug-likeness (QED) is 0.898. The van der Waals surface area contributed by atoms with Crippen molar-refractivity contribution in [2.24, 2.45) is 11.8 Å². The summed E-state index contributed by atoms with van der Waals surface area (Å²) in [5, 5.41) is 3.13. The van der Waals surface area contributed by atoms with Crippen LogP contribution in [0, 0.1) is 11.8 Å². The van der Waals surface area contributed by atoms with Crippen LogP contribution in [-0.2, 0) is 17.9 Å². The molecule has 1 amide bonds. The summed E-state index contributed by atoms with van der Waals surface area (Å²) in [4.78, 5) is 14.8. The Bertz CT molecular complexity index is 505. The van der Waals surface area contributed by atoms with Gasteiger partial charge in [0.1, 0.15) is 0 Å². The van der Waals surface area contributed by atoms with Gasteiger partial charge in [0.05, 0.1) is 0 Å². The maximum atomic E-state index is 12.3. The zero-order valence-electron chi connectivity index (χ0n) is 14.4. The van der Waals surface area contributed by atoms with Crippen LogP contribution in [0.1, 0.15) is 56.6 Å². The summed E-state index contributed by atoms with van der Waals surface area (Å²) in [6, 6.07) is 8.75. The van der Waals surface area contributed by atoms with Gasteiger partial charge in [-0.3, -0.25) is 9.69 Å². The van der Waals surface area contributed by atoms with Crippen LogP contribution in [0.4, 0.5) is 0 Å². The van der Waals surface area contributed by atoms with Crippen LogP contribution in [0.3, 0.4) is 0 Å². The molecule has 0 aromatic heterocycles. The van der Waals surface area contributed by atoms with Gasteiger partial charge in [0.25, 0.3) is 0 Å². The largest absolute Gasteiger partial charge is 0.352 e. The van der Waals surface area contributed by atoms with Gasteiger partial charge < -0.3 is 5.32 Å². The van der Waals surface area contributed by atoms with E-state index in [1.54, 1.807) is 0 Å². The first-order valence-corrected chi connectivity index (χ1v) is 9.28. The number of nitrogens with zero attached hydrogens (tertiary/aromatic N) is 1. The van der Waals surface area contributed by atoms with Crippen molar-refractivity contribution >= 4 is 5.91 Å². The normalized spacial score (nSPS) is 25.4. The van der Waals surface area contributed by atoms with Crippen molar-refractivity contribution < 1.29 is 4.79 Å². The lowest BCUT2D eigenvalue weighted by Gasteiger charge is -2.25. The highest BCUT2D eigenvalue weighted by atomic mass is 16.1. The van der Waals surface area contributed by atoms with E-state index in [1.165, 1.54) is 49.9 Å². The number of rotatable bonds is 5. The van der Waals surface area contributed by atoms with Crippen LogP contribution < -0.4 is 5.32 Å². The lowest BCUT2D eigenvalue weighted by atomic mass is 9.82. The van der Waals surface area contributed by atoms with Crippen molar-refractivity contribution in [3.8, 4) is 0 Å². The number of nitrogens with one attached hydrogen (secondary N) is 1. The van der Waals surface area contributed by atoms with E-state index in [9.17, 15) is 4.79 Å². The molecule has 1 aromatic rings. The molecule has 1 N–H and O–H groups in total. The molecule has 3 heteroatoms. The molecule has 1 saturated heterocycles. The first-order chi connectivity index (χ1) is 11.2. The Hall–Kier alpha value is -1.35. The van der Waals surface area contributed by atoms with Crippen LogP contribution in [0.2, 0.25) is 0 Å². The zero-order chi connectivity index (χ0) is 16.1. The number of carbonyl (C=O) groups is 1. The summed E-state index contributed by atoms with van der Waals surface area (Å²) in [6.07, 6.45) is 7.27. The topological polar surface area (TPSA) is 32.3 Å². The molecule has 1 saturated carbocycles. The van der Waals surface area contributed by atoms with E-state index >= 15 is 0 Å². The predicted octanol–water partition coefficient (Wildman–Crippen LogP) is 3.72. The van der Waals surface area contributed by atoms with E-state index in [0.717, 1.165) is 19.4 Å². The fourth-order valence-corrected chi connectivity index (χ4v) is 3.97. The van der Waals surface area contributed by atoms with Crippen molar-refractivity contribution in [2.45, 2.75) is 58.5 Å². The minimum atomic E-state index is 0.230. The van der Waals surface area contributed by atoms with Gasteiger partial charge in [0.15, 0.2) is 0 Å². The first kappa shape index (κ1) is 16.5. The lowest BCUT2D eigenvalue weighted by Crippen LogP contribution is -2.33. The highest BCUT2D eigenvalue weighted by molar-refractivity contribution is 5.78. The van der Waals surface area contributed by atoms with Crippen molar-refractivity contribution in [2.75, 3.05) is 13.1 Å². The molecule has 0 bridgehead atoms. The molecular formula is C20H30N2O. The Morgan fingerprint density at radius 3 is 2.48 bits per heavy atom. The minimum Gasteiger partial charge on any atom is -0.352 e. The smallest absolute Gasteiger partial charge is 0.223 e. The van der Waals surface area contributed by atoms with E-state index in [2.05, 4.69) is 41.4 Å². The number of likely N-dealkylation sites (tertiary alicyclic amines) is 1. The number of carbonyl (C=O) groups excluding carboxylic acids is 1. The Morgan fingerprint density at radius 2 is 1.78 bits per heavy atom. The summed E-state index contributed by atoms with van der Waals surface area (Å²) in [6.45, 7) is 6.45. The number of hydrogen-bond donors (Lipinski definition) is 1. The monoisotopic (exact) mass is 314 g/mol. The average molecular weight is 314 g/mol. The highest BCUT2D eigenvalue weighted by Crippen LogP contribution is 2.28. The van der Waals surface area contributed by atoms with Gasteiger partial charge in [-0.1, -0.05) is 44.0 Å². The van der Waals surface area contributed by atoms with E-state index < -0.39 is 0 Å². The van der Waals surface area contributed by atoms with Gasteiger partial charge >= 0.3 is 0 Å². The molecule has 1 heterocycles. The third kappa shape index (κ3) is 4.81. The second-order valence-electron chi connectivity index (χ2n) is 7.49. The molecule has 2 fully saturated rings. The minimum absolute atomic E-state index is 0.230. The lowest BCUT2D eigenvalue weighted by molar-refractivity contribution is -0.126. The summed E-state index contributed by atoms with van der Waals surface area (Å²) in [7, 11) is 0. The maximum absolute atomic E-state index is 12.3. The van der Waals surface area contributed by atoms with Crippen LogP contribution in [0.25, 0.3) is 0 Å². The Balaban J connectivity index is 1.45. The van der Waals surface area contributed by atoms with Crippen molar-refractivity contribution in [3.63, 3.8) is 0 Å². The van der Waals surface area contributed by atoms with Gasteiger partial charge in [-0.15, -0.1) is 0 Å². The van der Waals surface area contributed by atoms with Gasteiger partial charge in [-0.25, -0.2) is 0 Å². The van der Waals surface area contributed by atoms with Crippen molar-refractivity contribution in [3.05, 3.63) is 35.4 Å². The molecule has 126 valence electrons. The number of benzene rings is 1. The summed E-state index contributed by atoms with van der Waals surface area (Å²) in [5.74, 6) is 1.18. The molecule has 2 aliphatic rings. The Labute approximate surface area is 140 Å². The van der Waals surface area contributed by atoms with E-state index in [0.29, 0.717) is 12.5 Å². The van der Waals surface area contributed by atoms with Gasteiger partial charge in [-0.2, -0.15) is 0 Å². The fraction of sp³-hybridized carbons (Fsp3) is 0.650. The van der Waals surface area contributed by atoms with Crippen LogP contribution in [0.15, 0.2) is 24.3 Å². The van der Waals surface area contributed by atoms with Crippen molar-refractivity contribution in [1.29, 1.82) is 0 Å². The predicted molar refractivity (Wildman–Crippen MR) is 93.9 cm³/mol. The third-order valence-electron chi connectivity index (χ3n) is 5.40. The molecule has 1 aliphatic heterocycles. The summed E-state index contributed by atoms with van der Waals surface area (Å²) in [5.41, 5.74) is 2.58. The molecule has 3 rings (SSSR count).